The van der Waals surface area contributed by atoms with Gasteiger partial charge in [0.15, 0.2) is 0 Å². The fraction of sp³-hybridized carbons (Fsp3) is 0.400. The van der Waals surface area contributed by atoms with Crippen LogP contribution in [0.4, 0.5) is 10.1 Å². The van der Waals surface area contributed by atoms with Crippen LogP contribution in [-0.4, -0.2) is 67.1 Å². The van der Waals surface area contributed by atoms with Crippen LogP contribution < -0.4 is 10.6 Å². The van der Waals surface area contributed by atoms with Crippen LogP contribution in [0.3, 0.4) is 0 Å². The zero-order valence-electron chi connectivity index (χ0n) is 19.7. The van der Waals surface area contributed by atoms with Crippen molar-refractivity contribution >= 4 is 31.3 Å². The number of nitrogens with zero attached hydrogens (tertiary/aromatic N) is 2. The first-order valence-corrected chi connectivity index (χ1v) is 12.0. The molecule has 0 bridgehead atoms. The standard InChI is InChI=1S/C25H28BFN4O4/c26-25(8-7-21(32)29-24(25)34)31-15-19-18(23(31)33)5-2-6-20(19)28-13-16-3-1-4-17(22(16)27)14-30-9-11-35-12-10-30/h1-6,28H,7-15,26H2,(H,29,32,34). The third-order valence-corrected chi connectivity index (χ3v) is 7.27. The summed E-state index contributed by atoms with van der Waals surface area (Å²) in [7, 11) is 1.70. The van der Waals surface area contributed by atoms with Crippen molar-refractivity contribution in [1.82, 2.24) is 15.1 Å². The third-order valence-electron chi connectivity index (χ3n) is 7.27. The van der Waals surface area contributed by atoms with Crippen molar-refractivity contribution in [1.29, 1.82) is 0 Å². The summed E-state index contributed by atoms with van der Waals surface area (Å²) < 4.78 is 20.6. The van der Waals surface area contributed by atoms with E-state index in [2.05, 4.69) is 15.5 Å². The summed E-state index contributed by atoms with van der Waals surface area (Å²) in [5.41, 5.74) is 2.12. The van der Waals surface area contributed by atoms with Crippen LogP contribution in [0.25, 0.3) is 0 Å². The van der Waals surface area contributed by atoms with Gasteiger partial charge in [0.25, 0.3) is 5.91 Å². The topological polar surface area (TPSA) is 91.0 Å². The molecule has 8 nitrogen and oxygen atoms in total. The number of nitrogens with one attached hydrogen (secondary N) is 2. The second-order valence-corrected chi connectivity index (χ2v) is 9.51. The molecule has 1 atom stereocenters. The predicted molar refractivity (Wildman–Crippen MR) is 130 cm³/mol. The summed E-state index contributed by atoms with van der Waals surface area (Å²) in [6.07, 6.45) is 0.467. The van der Waals surface area contributed by atoms with Crippen molar-refractivity contribution in [3.8, 4) is 0 Å². The lowest BCUT2D eigenvalue weighted by atomic mass is 9.70. The number of ether oxygens (including phenoxy) is 1. The summed E-state index contributed by atoms with van der Waals surface area (Å²) >= 11 is 0. The fourth-order valence-corrected chi connectivity index (χ4v) is 5.03. The molecule has 2 N–H and O–H groups in total. The highest BCUT2D eigenvalue weighted by Crippen LogP contribution is 2.36. The van der Waals surface area contributed by atoms with Crippen LogP contribution in [0.15, 0.2) is 36.4 Å². The van der Waals surface area contributed by atoms with Gasteiger partial charge < -0.3 is 15.0 Å². The molecule has 2 fully saturated rings. The average Bonchev–Trinajstić information content (AvgIpc) is 3.21. The van der Waals surface area contributed by atoms with Gasteiger partial charge in [0.1, 0.15) is 13.7 Å². The Hall–Kier alpha value is -3.24. The van der Waals surface area contributed by atoms with Crippen molar-refractivity contribution in [2.75, 3.05) is 31.6 Å². The van der Waals surface area contributed by atoms with Gasteiger partial charge in [0.05, 0.1) is 18.7 Å². The summed E-state index contributed by atoms with van der Waals surface area (Å²) in [6.45, 7) is 3.94. The van der Waals surface area contributed by atoms with Crippen LogP contribution in [0.2, 0.25) is 0 Å². The van der Waals surface area contributed by atoms with Crippen LogP contribution >= 0.6 is 0 Å². The van der Waals surface area contributed by atoms with Crippen molar-refractivity contribution in [2.45, 2.75) is 37.9 Å². The molecule has 2 aromatic rings. The van der Waals surface area contributed by atoms with Crippen LogP contribution in [0.1, 0.15) is 39.9 Å². The first-order valence-electron chi connectivity index (χ1n) is 12.0. The van der Waals surface area contributed by atoms with E-state index in [1.165, 1.54) is 4.90 Å². The zero-order valence-corrected chi connectivity index (χ0v) is 19.7. The largest absolute Gasteiger partial charge is 0.381 e. The molecule has 3 aliphatic heterocycles. The SMILES string of the molecule is BC1(N2Cc3c(NCc4cccc(CN5CCOCC5)c4F)cccc3C2=O)CCC(=O)NC1=O. The molecule has 0 spiro atoms. The lowest BCUT2D eigenvalue weighted by Crippen LogP contribution is -2.63. The van der Waals surface area contributed by atoms with E-state index in [-0.39, 0.29) is 43.6 Å². The Bertz CT molecular complexity index is 1190. The summed E-state index contributed by atoms with van der Waals surface area (Å²) in [5, 5.41) is 5.66. The van der Waals surface area contributed by atoms with Crippen molar-refractivity contribution in [2.24, 2.45) is 0 Å². The van der Waals surface area contributed by atoms with Gasteiger partial charge in [-0.1, -0.05) is 24.3 Å². The van der Waals surface area contributed by atoms with E-state index in [0.29, 0.717) is 36.4 Å². The molecule has 35 heavy (non-hydrogen) atoms. The number of hydrogen-bond acceptors (Lipinski definition) is 6. The smallest absolute Gasteiger partial charge is 0.254 e. The minimum Gasteiger partial charge on any atom is -0.381 e. The number of benzene rings is 2. The maximum atomic E-state index is 15.3. The molecule has 5 rings (SSSR count). The number of hydrogen-bond donors (Lipinski definition) is 2. The summed E-state index contributed by atoms with van der Waals surface area (Å²) in [5.74, 6) is -1.25. The quantitative estimate of drug-likeness (QED) is 0.476. The first kappa shape index (κ1) is 23.5. The van der Waals surface area contributed by atoms with Crippen molar-refractivity contribution in [3.63, 3.8) is 0 Å². The van der Waals surface area contributed by atoms with E-state index in [4.69, 9.17) is 4.74 Å². The molecule has 0 aromatic heterocycles. The van der Waals surface area contributed by atoms with Gasteiger partial charge in [-0.2, -0.15) is 0 Å². The lowest BCUT2D eigenvalue weighted by Gasteiger charge is -2.40. The molecule has 1 unspecified atom stereocenters. The maximum absolute atomic E-state index is 15.3. The molecule has 3 heterocycles. The molecule has 182 valence electrons. The summed E-state index contributed by atoms with van der Waals surface area (Å²) in [4.78, 5) is 41.2. The van der Waals surface area contributed by atoms with Crippen molar-refractivity contribution in [3.05, 3.63) is 64.5 Å². The molecule has 10 heteroatoms. The number of fused-ring (bicyclic) bond motifs is 1. The highest BCUT2D eigenvalue weighted by atomic mass is 19.1. The maximum Gasteiger partial charge on any atom is 0.254 e. The average molecular weight is 478 g/mol. The second-order valence-electron chi connectivity index (χ2n) is 9.51. The molecular weight excluding hydrogens is 450 g/mol. The molecular formula is C25H28BFN4O4. The molecule has 3 amide bonds. The van der Waals surface area contributed by atoms with Gasteiger partial charge in [0.2, 0.25) is 11.8 Å². The number of piperidine rings is 1. The number of anilines is 1. The molecule has 0 saturated carbocycles. The van der Waals surface area contributed by atoms with Gasteiger partial charge in [-0.3, -0.25) is 24.6 Å². The van der Waals surface area contributed by atoms with Crippen LogP contribution in [-0.2, 0) is 34.0 Å². The second kappa shape index (κ2) is 9.43. The number of halogens is 1. The third kappa shape index (κ3) is 4.43. The van der Waals surface area contributed by atoms with Crippen molar-refractivity contribution < 1.29 is 23.5 Å². The van der Waals surface area contributed by atoms with Gasteiger partial charge in [-0.15, -0.1) is 0 Å². The number of morpholine rings is 1. The minimum absolute atomic E-state index is 0.188. The van der Waals surface area contributed by atoms with Gasteiger partial charge >= 0.3 is 0 Å². The lowest BCUT2D eigenvalue weighted by molar-refractivity contribution is -0.138. The van der Waals surface area contributed by atoms with E-state index in [0.717, 1.165) is 24.3 Å². The molecule has 2 saturated heterocycles. The number of rotatable bonds is 6. The normalized spacial score (nSPS) is 22.8. The Morgan fingerprint density at radius 2 is 1.83 bits per heavy atom. The van der Waals surface area contributed by atoms with E-state index >= 15 is 4.39 Å². The number of carbonyl (C=O) groups is 3. The Morgan fingerprint density at radius 1 is 1.09 bits per heavy atom. The number of imide groups is 1. The number of amides is 3. The molecule has 2 aromatic carbocycles. The number of carbonyl (C=O) groups excluding carboxylic acids is 3. The van der Waals surface area contributed by atoms with E-state index in [1.807, 2.05) is 18.2 Å². The van der Waals surface area contributed by atoms with Gasteiger partial charge in [0, 0.05) is 67.1 Å². The minimum atomic E-state index is -1.10. The highest BCUT2D eigenvalue weighted by molar-refractivity contribution is 6.32. The Labute approximate surface area is 204 Å². The molecule has 0 radical (unpaired) electrons. The van der Waals surface area contributed by atoms with E-state index in [1.54, 1.807) is 26.0 Å². The highest BCUT2D eigenvalue weighted by Gasteiger charge is 2.48. The Balaban J connectivity index is 1.32. The van der Waals surface area contributed by atoms with Crippen LogP contribution in [0.5, 0.6) is 0 Å². The monoisotopic (exact) mass is 478 g/mol. The fourth-order valence-electron chi connectivity index (χ4n) is 5.03. The summed E-state index contributed by atoms with van der Waals surface area (Å²) in [6, 6.07) is 10.8. The van der Waals surface area contributed by atoms with Crippen LogP contribution in [0, 0.1) is 5.82 Å². The van der Waals surface area contributed by atoms with Gasteiger partial charge in [-0.25, -0.2) is 4.39 Å². The van der Waals surface area contributed by atoms with E-state index < -0.39 is 11.3 Å². The van der Waals surface area contributed by atoms with Gasteiger partial charge in [-0.05, 0) is 18.6 Å². The Morgan fingerprint density at radius 3 is 2.60 bits per heavy atom. The molecule has 3 aliphatic rings. The predicted octanol–water partition coefficient (Wildman–Crippen LogP) is 0.992. The Kier molecular flexibility index (Phi) is 6.33. The molecule has 0 aliphatic carbocycles. The first-order chi connectivity index (χ1) is 16.9. The van der Waals surface area contributed by atoms with E-state index in [9.17, 15) is 14.4 Å². The zero-order chi connectivity index (χ0) is 24.6.